The summed E-state index contributed by atoms with van der Waals surface area (Å²) in [5.74, 6) is 0.423. The van der Waals surface area contributed by atoms with E-state index in [9.17, 15) is 0 Å². The number of rotatable bonds is 1. The molecule has 2 rings (SSSR count). The van der Waals surface area contributed by atoms with Crippen molar-refractivity contribution in [1.82, 2.24) is 14.5 Å². The molecule has 0 aliphatic heterocycles. The summed E-state index contributed by atoms with van der Waals surface area (Å²) in [6.45, 7) is 6.32. The molecule has 0 atom stereocenters. The zero-order valence-corrected chi connectivity index (χ0v) is 9.07. The van der Waals surface area contributed by atoms with E-state index in [1.807, 2.05) is 24.9 Å². The monoisotopic (exact) mass is 189 g/mol. The van der Waals surface area contributed by atoms with Gasteiger partial charge < -0.3 is 4.57 Å². The summed E-state index contributed by atoms with van der Waals surface area (Å²) in [4.78, 5) is 8.92. The third-order valence-corrected chi connectivity index (χ3v) is 2.41. The molecule has 0 amide bonds. The van der Waals surface area contributed by atoms with E-state index in [1.165, 1.54) is 5.52 Å². The van der Waals surface area contributed by atoms with Crippen molar-refractivity contribution >= 4 is 11.0 Å². The lowest BCUT2D eigenvalue weighted by Crippen LogP contribution is -1.97. The van der Waals surface area contributed by atoms with E-state index < -0.39 is 0 Å². The Morgan fingerprint density at radius 3 is 2.71 bits per heavy atom. The van der Waals surface area contributed by atoms with Gasteiger partial charge in [0.1, 0.15) is 5.52 Å². The normalized spacial score (nSPS) is 11.5. The topological polar surface area (TPSA) is 30.7 Å². The number of hydrogen-bond donors (Lipinski definition) is 0. The molecule has 3 heteroatoms. The van der Waals surface area contributed by atoms with Crippen LogP contribution in [0.15, 0.2) is 12.4 Å². The molecule has 0 saturated carbocycles. The molecule has 0 saturated heterocycles. The predicted octanol–water partition coefficient (Wildman–Crippen LogP) is 2.40. The van der Waals surface area contributed by atoms with Crippen LogP contribution in [0.25, 0.3) is 11.0 Å². The Morgan fingerprint density at radius 2 is 2.07 bits per heavy atom. The van der Waals surface area contributed by atoms with Crippen molar-refractivity contribution in [3.05, 3.63) is 23.8 Å². The Bertz CT molecular complexity index is 469. The van der Waals surface area contributed by atoms with Crippen LogP contribution in [0.1, 0.15) is 31.2 Å². The highest BCUT2D eigenvalue weighted by Crippen LogP contribution is 2.22. The van der Waals surface area contributed by atoms with Gasteiger partial charge in [-0.2, -0.15) is 0 Å². The Morgan fingerprint density at radius 1 is 1.36 bits per heavy atom. The molecule has 0 unspecified atom stereocenters. The fourth-order valence-corrected chi connectivity index (χ4v) is 1.68. The number of imidazole rings is 1. The molecule has 0 radical (unpaired) electrons. The first-order chi connectivity index (χ1) is 6.59. The van der Waals surface area contributed by atoms with Gasteiger partial charge >= 0.3 is 0 Å². The summed E-state index contributed by atoms with van der Waals surface area (Å²) < 4.78 is 2.04. The molecule has 3 nitrogen and oxygen atoms in total. The standard InChI is InChI=1S/C11H15N3/c1-7(2)10-11-9(5-8(3)13-10)14(4)6-12-11/h5-7H,1-4H3. The van der Waals surface area contributed by atoms with Crippen LogP contribution in [0.5, 0.6) is 0 Å². The van der Waals surface area contributed by atoms with Gasteiger partial charge in [-0.05, 0) is 18.9 Å². The van der Waals surface area contributed by atoms with Crippen LogP contribution in [0.2, 0.25) is 0 Å². The van der Waals surface area contributed by atoms with Crippen molar-refractivity contribution < 1.29 is 0 Å². The van der Waals surface area contributed by atoms with Gasteiger partial charge in [-0.15, -0.1) is 0 Å². The summed E-state index contributed by atoms with van der Waals surface area (Å²) in [6.07, 6.45) is 1.84. The molecule has 0 N–H and O–H groups in total. The van der Waals surface area contributed by atoms with Gasteiger partial charge in [-0.3, -0.25) is 4.98 Å². The summed E-state index contributed by atoms with van der Waals surface area (Å²) in [6, 6.07) is 2.08. The average Bonchev–Trinajstić information content (AvgIpc) is 2.47. The maximum Gasteiger partial charge on any atom is 0.110 e. The van der Waals surface area contributed by atoms with E-state index in [0.717, 1.165) is 16.9 Å². The molecule has 0 aliphatic carbocycles. The van der Waals surface area contributed by atoms with Gasteiger partial charge in [0.15, 0.2) is 0 Å². The summed E-state index contributed by atoms with van der Waals surface area (Å²) >= 11 is 0. The summed E-state index contributed by atoms with van der Waals surface area (Å²) in [5.41, 5.74) is 4.36. The van der Waals surface area contributed by atoms with Crippen LogP contribution in [0, 0.1) is 6.92 Å². The maximum absolute atomic E-state index is 4.54. The molecular formula is C11H15N3. The van der Waals surface area contributed by atoms with Crippen LogP contribution >= 0.6 is 0 Å². The zero-order chi connectivity index (χ0) is 10.3. The Hall–Kier alpha value is -1.38. The predicted molar refractivity (Wildman–Crippen MR) is 57.3 cm³/mol. The number of aromatic nitrogens is 3. The Kier molecular flexibility index (Phi) is 2.02. The molecule has 0 bridgehead atoms. The van der Waals surface area contributed by atoms with E-state index in [2.05, 4.69) is 29.9 Å². The molecule has 0 spiro atoms. The van der Waals surface area contributed by atoms with Gasteiger partial charge in [0, 0.05) is 12.7 Å². The van der Waals surface area contributed by atoms with E-state index >= 15 is 0 Å². The smallest absolute Gasteiger partial charge is 0.110 e. The third kappa shape index (κ3) is 1.29. The van der Waals surface area contributed by atoms with Crippen molar-refractivity contribution in [2.45, 2.75) is 26.7 Å². The third-order valence-electron chi connectivity index (χ3n) is 2.41. The van der Waals surface area contributed by atoms with Crippen LogP contribution in [-0.2, 0) is 7.05 Å². The molecule has 2 aromatic rings. The minimum Gasteiger partial charge on any atom is -0.334 e. The maximum atomic E-state index is 4.54. The van der Waals surface area contributed by atoms with Gasteiger partial charge in [0.05, 0.1) is 17.5 Å². The number of pyridine rings is 1. The molecule has 2 heterocycles. The van der Waals surface area contributed by atoms with Crippen molar-refractivity contribution in [3.8, 4) is 0 Å². The highest BCUT2D eigenvalue weighted by atomic mass is 15.0. The van der Waals surface area contributed by atoms with Crippen molar-refractivity contribution in [2.24, 2.45) is 7.05 Å². The van der Waals surface area contributed by atoms with Gasteiger partial charge in [-0.1, -0.05) is 13.8 Å². The first-order valence-corrected chi connectivity index (χ1v) is 4.88. The first-order valence-electron chi connectivity index (χ1n) is 4.88. The second-order valence-electron chi connectivity index (χ2n) is 4.03. The van der Waals surface area contributed by atoms with Crippen LogP contribution < -0.4 is 0 Å². The van der Waals surface area contributed by atoms with Gasteiger partial charge in [-0.25, -0.2) is 4.98 Å². The Balaban J connectivity index is 2.82. The Labute approximate surface area is 83.8 Å². The molecular weight excluding hydrogens is 174 g/mol. The summed E-state index contributed by atoms with van der Waals surface area (Å²) in [5, 5.41) is 0. The van der Waals surface area contributed by atoms with Crippen molar-refractivity contribution in [2.75, 3.05) is 0 Å². The van der Waals surface area contributed by atoms with Crippen molar-refractivity contribution in [3.63, 3.8) is 0 Å². The molecule has 14 heavy (non-hydrogen) atoms. The lowest BCUT2D eigenvalue weighted by Gasteiger charge is -2.06. The zero-order valence-electron chi connectivity index (χ0n) is 9.07. The highest BCUT2D eigenvalue weighted by Gasteiger charge is 2.11. The van der Waals surface area contributed by atoms with Gasteiger partial charge in [0.25, 0.3) is 0 Å². The van der Waals surface area contributed by atoms with E-state index in [1.54, 1.807) is 0 Å². The van der Waals surface area contributed by atoms with Crippen molar-refractivity contribution in [1.29, 1.82) is 0 Å². The second-order valence-corrected chi connectivity index (χ2v) is 4.03. The lowest BCUT2D eigenvalue weighted by molar-refractivity contribution is 0.824. The second kappa shape index (κ2) is 3.08. The number of aryl methyl sites for hydroxylation is 2. The largest absolute Gasteiger partial charge is 0.334 e. The minimum atomic E-state index is 0.423. The molecule has 74 valence electrons. The fraction of sp³-hybridized carbons (Fsp3) is 0.455. The molecule has 0 aliphatic rings. The molecule has 2 aromatic heterocycles. The van der Waals surface area contributed by atoms with Gasteiger partial charge in [0.2, 0.25) is 0 Å². The number of fused-ring (bicyclic) bond motifs is 1. The number of hydrogen-bond acceptors (Lipinski definition) is 2. The first kappa shape index (κ1) is 9.19. The molecule has 0 aromatic carbocycles. The van der Waals surface area contributed by atoms with E-state index in [4.69, 9.17) is 0 Å². The quantitative estimate of drug-likeness (QED) is 0.689. The van der Waals surface area contributed by atoms with E-state index in [0.29, 0.717) is 5.92 Å². The minimum absolute atomic E-state index is 0.423. The average molecular weight is 189 g/mol. The lowest BCUT2D eigenvalue weighted by atomic mass is 10.1. The van der Waals surface area contributed by atoms with Crippen LogP contribution in [0.3, 0.4) is 0 Å². The number of nitrogens with zero attached hydrogens (tertiary/aromatic N) is 3. The summed E-state index contributed by atoms with van der Waals surface area (Å²) in [7, 11) is 2.01. The SMILES string of the molecule is Cc1cc2c(ncn2C)c(C(C)C)n1. The highest BCUT2D eigenvalue weighted by molar-refractivity contribution is 5.78. The van der Waals surface area contributed by atoms with Crippen LogP contribution in [0.4, 0.5) is 0 Å². The molecule has 0 fully saturated rings. The van der Waals surface area contributed by atoms with E-state index in [-0.39, 0.29) is 0 Å². The fourth-order valence-electron chi connectivity index (χ4n) is 1.68. The van der Waals surface area contributed by atoms with Crippen LogP contribution in [-0.4, -0.2) is 14.5 Å².